The van der Waals surface area contributed by atoms with Gasteiger partial charge in [0.15, 0.2) is 10.9 Å². The zero-order valence-electron chi connectivity index (χ0n) is 15.5. The van der Waals surface area contributed by atoms with Gasteiger partial charge in [0.1, 0.15) is 0 Å². The maximum Gasteiger partial charge on any atom is 0.260 e. The largest absolute Gasteiger partial charge is 0.295 e. The highest BCUT2D eigenvalue weighted by molar-refractivity contribution is 9.10. The van der Waals surface area contributed by atoms with Crippen LogP contribution in [-0.2, 0) is 6.54 Å². The van der Waals surface area contributed by atoms with Gasteiger partial charge < -0.3 is 0 Å². The number of benzene rings is 2. The topological polar surface area (TPSA) is 63.2 Å². The summed E-state index contributed by atoms with van der Waals surface area (Å²) >= 11 is 4.93. The van der Waals surface area contributed by atoms with E-state index in [9.17, 15) is 9.59 Å². The van der Waals surface area contributed by atoms with E-state index in [1.165, 1.54) is 18.3 Å². The van der Waals surface area contributed by atoms with Crippen LogP contribution in [0.5, 0.6) is 0 Å². The number of pyridine rings is 1. The Kier molecular flexibility index (Phi) is 5.51. The number of hydrogen-bond donors (Lipinski definition) is 0. The number of fused-ring (bicyclic) bond motifs is 1. The van der Waals surface area contributed by atoms with Gasteiger partial charge in [0.2, 0.25) is 0 Å². The minimum absolute atomic E-state index is 0.0360. The van der Waals surface area contributed by atoms with Gasteiger partial charge in [-0.25, -0.2) is 4.98 Å². The first-order valence-electron chi connectivity index (χ1n) is 8.90. The average molecular weight is 466 g/mol. The zero-order chi connectivity index (χ0) is 20.4. The van der Waals surface area contributed by atoms with Crippen LogP contribution in [0.15, 0.2) is 71.3 Å². The first-order chi connectivity index (χ1) is 14.0. The summed E-state index contributed by atoms with van der Waals surface area (Å²) in [5.74, 6) is -0.227. The van der Waals surface area contributed by atoms with E-state index in [4.69, 9.17) is 0 Å². The number of hydrogen-bond acceptors (Lipinski definition) is 5. The molecule has 0 spiro atoms. The number of rotatable bonds is 5. The van der Waals surface area contributed by atoms with Crippen molar-refractivity contribution in [3.05, 3.63) is 88.2 Å². The molecule has 4 rings (SSSR count). The predicted octanol–water partition coefficient (Wildman–Crippen LogP) is 5.50. The van der Waals surface area contributed by atoms with Crippen molar-refractivity contribution >= 4 is 54.3 Å². The van der Waals surface area contributed by atoms with Crippen LogP contribution in [-0.4, -0.2) is 21.7 Å². The van der Waals surface area contributed by atoms with Crippen molar-refractivity contribution < 1.29 is 9.59 Å². The Morgan fingerprint density at radius 2 is 1.79 bits per heavy atom. The molecule has 1 amide bonds. The van der Waals surface area contributed by atoms with Crippen LogP contribution in [0.1, 0.15) is 33.3 Å². The molecule has 29 heavy (non-hydrogen) atoms. The first-order valence-corrected chi connectivity index (χ1v) is 10.5. The molecule has 0 saturated heterocycles. The predicted molar refractivity (Wildman–Crippen MR) is 119 cm³/mol. The number of anilines is 1. The Hall–Kier alpha value is -2.90. The number of ketones is 1. The van der Waals surface area contributed by atoms with Crippen LogP contribution < -0.4 is 4.90 Å². The molecule has 2 aromatic heterocycles. The molecule has 0 aliphatic rings. The molecule has 0 unspecified atom stereocenters. The summed E-state index contributed by atoms with van der Waals surface area (Å²) in [4.78, 5) is 35.5. The maximum atomic E-state index is 13.3. The molecule has 0 bridgehead atoms. The van der Waals surface area contributed by atoms with Gasteiger partial charge in [-0.1, -0.05) is 45.5 Å². The number of amides is 1. The highest BCUT2D eigenvalue weighted by Gasteiger charge is 2.22. The first kappa shape index (κ1) is 19.4. The fourth-order valence-corrected chi connectivity index (χ4v) is 4.40. The van der Waals surface area contributed by atoms with Gasteiger partial charge in [0.25, 0.3) is 5.91 Å². The lowest BCUT2D eigenvalue weighted by Crippen LogP contribution is -2.30. The second-order valence-electron chi connectivity index (χ2n) is 6.45. The van der Waals surface area contributed by atoms with Crippen molar-refractivity contribution in [1.29, 1.82) is 0 Å². The average Bonchev–Trinajstić information content (AvgIpc) is 3.15. The normalized spacial score (nSPS) is 10.8. The van der Waals surface area contributed by atoms with Gasteiger partial charge in [0, 0.05) is 21.8 Å². The van der Waals surface area contributed by atoms with Crippen molar-refractivity contribution in [2.75, 3.05) is 4.90 Å². The fraction of sp³-hybridized carbons (Fsp3) is 0.0909. The Bertz CT molecular complexity index is 1190. The summed E-state index contributed by atoms with van der Waals surface area (Å²) < 4.78 is 1.95. The Morgan fingerprint density at radius 3 is 2.48 bits per heavy atom. The van der Waals surface area contributed by atoms with Crippen LogP contribution in [0, 0.1) is 0 Å². The molecule has 0 N–H and O–H groups in total. The van der Waals surface area contributed by atoms with Crippen molar-refractivity contribution in [3.63, 3.8) is 0 Å². The number of halogens is 1. The number of aromatic nitrogens is 2. The number of Topliss-reactive ketones (excluding diaryl/α,β-unsaturated/α-hetero) is 1. The lowest BCUT2D eigenvalue weighted by Gasteiger charge is -2.19. The van der Waals surface area contributed by atoms with E-state index in [-0.39, 0.29) is 11.7 Å². The molecule has 0 saturated carbocycles. The molecule has 0 atom stereocenters. The fourth-order valence-electron chi connectivity index (χ4n) is 2.89. The maximum absolute atomic E-state index is 13.3. The molecule has 0 radical (unpaired) electrons. The standard InChI is InChI=1S/C22H16BrN3O2S/c1-14(27)15-5-7-16(8-6-15)21(28)26(13-18-4-2-3-11-24-18)22-25-19-10-9-17(23)12-20(19)29-22/h2-12H,13H2,1H3. The van der Waals surface area contributed by atoms with Crippen molar-refractivity contribution in [1.82, 2.24) is 9.97 Å². The van der Waals surface area contributed by atoms with E-state index >= 15 is 0 Å². The quantitative estimate of drug-likeness (QED) is 0.364. The molecule has 5 nitrogen and oxygen atoms in total. The monoisotopic (exact) mass is 465 g/mol. The molecular weight excluding hydrogens is 450 g/mol. The lowest BCUT2D eigenvalue weighted by molar-refractivity contribution is 0.0980. The van der Waals surface area contributed by atoms with Gasteiger partial charge >= 0.3 is 0 Å². The van der Waals surface area contributed by atoms with Crippen LogP contribution in [0.4, 0.5) is 5.13 Å². The minimum Gasteiger partial charge on any atom is -0.295 e. The van der Waals surface area contributed by atoms with Crippen LogP contribution >= 0.6 is 27.3 Å². The summed E-state index contributed by atoms with van der Waals surface area (Å²) in [6.07, 6.45) is 1.70. The molecule has 2 heterocycles. The molecular formula is C22H16BrN3O2S. The highest BCUT2D eigenvalue weighted by atomic mass is 79.9. The summed E-state index contributed by atoms with van der Waals surface area (Å²) in [6.45, 7) is 1.80. The Morgan fingerprint density at radius 1 is 1.03 bits per heavy atom. The second-order valence-corrected chi connectivity index (χ2v) is 8.38. The van der Waals surface area contributed by atoms with E-state index in [1.807, 2.05) is 36.4 Å². The molecule has 2 aromatic carbocycles. The van der Waals surface area contributed by atoms with E-state index < -0.39 is 0 Å². The van der Waals surface area contributed by atoms with Gasteiger partial charge in [0.05, 0.1) is 22.5 Å². The van der Waals surface area contributed by atoms with E-state index in [0.717, 1.165) is 20.4 Å². The third kappa shape index (κ3) is 4.26. The molecule has 7 heteroatoms. The van der Waals surface area contributed by atoms with Gasteiger partial charge in [-0.2, -0.15) is 0 Å². The van der Waals surface area contributed by atoms with Crippen molar-refractivity contribution in [2.45, 2.75) is 13.5 Å². The third-order valence-electron chi connectivity index (χ3n) is 4.40. The molecule has 0 aliphatic carbocycles. The third-order valence-corrected chi connectivity index (χ3v) is 5.93. The van der Waals surface area contributed by atoms with E-state index in [2.05, 4.69) is 25.9 Å². The van der Waals surface area contributed by atoms with Gasteiger partial charge in [-0.15, -0.1) is 0 Å². The Labute approximate surface area is 180 Å². The minimum atomic E-state index is -0.191. The number of nitrogens with zero attached hydrogens (tertiary/aromatic N) is 3. The van der Waals surface area contributed by atoms with Crippen LogP contribution in [0.3, 0.4) is 0 Å². The zero-order valence-corrected chi connectivity index (χ0v) is 17.9. The van der Waals surface area contributed by atoms with Gasteiger partial charge in [-0.3, -0.25) is 19.5 Å². The summed E-state index contributed by atoms with van der Waals surface area (Å²) in [6, 6.07) is 18.1. The summed E-state index contributed by atoms with van der Waals surface area (Å²) in [5, 5.41) is 0.601. The smallest absolute Gasteiger partial charge is 0.260 e. The number of carbonyl (C=O) groups is 2. The van der Waals surface area contributed by atoms with Crippen molar-refractivity contribution in [2.24, 2.45) is 0 Å². The van der Waals surface area contributed by atoms with E-state index in [0.29, 0.717) is 22.8 Å². The Balaban J connectivity index is 1.74. The number of thiazole rings is 1. The summed E-state index contributed by atoms with van der Waals surface area (Å²) in [5.41, 5.74) is 2.66. The second kappa shape index (κ2) is 8.23. The number of carbonyl (C=O) groups excluding carboxylic acids is 2. The molecule has 4 aromatic rings. The van der Waals surface area contributed by atoms with Crippen LogP contribution in [0.25, 0.3) is 10.2 Å². The highest BCUT2D eigenvalue weighted by Crippen LogP contribution is 2.32. The van der Waals surface area contributed by atoms with Crippen molar-refractivity contribution in [3.8, 4) is 0 Å². The SMILES string of the molecule is CC(=O)c1ccc(C(=O)N(Cc2ccccn2)c2nc3ccc(Br)cc3s2)cc1. The van der Waals surface area contributed by atoms with E-state index in [1.54, 1.807) is 35.4 Å². The molecule has 144 valence electrons. The van der Waals surface area contributed by atoms with Gasteiger partial charge in [-0.05, 0) is 49.4 Å². The summed E-state index contributed by atoms with van der Waals surface area (Å²) in [7, 11) is 0. The molecule has 0 aliphatic heterocycles. The molecule has 0 fully saturated rings. The van der Waals surface area contributed by atoms with Crippen LogP contribution in [0.2, 0.25) is 0 Å². The lowest BCUT2D eigenvalue weighted by atomic mass is 10.1.